The van der Waals surface area contributed by atoms with Gasteiger partial charge in [0.2, 0.25) is 6.54 Å². The standard InChI is InChI=1S/C20H25N3O5/c1-28-13-2-3-17-15(9-13)14(4-6-21-17)20(25)18-8-12-5-7-22(18)10-16(12)19(24)11-23(26)27/h2-4,6,9,12,16,18-20,24-25H,5,7-8,10-11H2,1H3/t12-,16-,18-,19?,20+/m0/s1. The molecule has 4 heterocycles. The number of pyridine rings is 1. The van der Waals surface area contributed by atoms with Gasteiger partial charge in [0.25, 0.3) is 0 Å². The molecule has 3 fully saturated rings. The van der Waals surface area contributed by atoms with E-state index in [0.717, 1.165) is 29.4 Å². The number of hydrogen-bond acceptors (Lipinski definition) is 7. The van der Waals surface area contributed by atoms with E-state index in [0.29, 0.717) is 18.7 Å². The van der Waals surface area contributed by atoms with Gasteiger partial charge in [0.15, 0.2) is 0 Å². The molecule has 2 unspecified atom stereocenters. The van der Waals surface area contributed by atoms with Gasteiger partial charge in [0.05, 0.1) is 18.7 Å². The van der Waals surface area contributed by atoms with Crippen molar-refractivity contribution in [3.05, 3.63) is 46.1 Å². The zero-order valence-corrected chi connectivity index (χ0v) is 15.8. The van der Waals surface area contributed by atoms with Crippen molar-refractivity contribution in [1.29, 1.82) is 0 Å². The van der Waals surface area contributed by atoms with Crippen molar-refractivity contribution in [3.63, 3.8) is 0 Å². The third kappa shape index (κ3) is 3.43. The molecule has 1 aromatic heterocycles. The Bertz CT molecular complexity index is 876. The summed E-state index contributed by atoms with van der Waals surface area (Å²) in [5, 5.41) is 33.1. The highest BCUT2D eigenvalue weighted by Gasteiger charge is 2.46. The Morgan fingerprint density at radius 1 is 1.39 bits per heavy atom. The predicted molar refractivity (Wildman–Crippen MR) is 103 cm³/mol. The largest absolute Gasteiger partial charge is 0.497 e. The van der Waals surface area contributed by atoms with Gasteiger partial charge < -0.3 is 14.9 Å². The molecule has 5 rings (SSSR count). The molecule has 0 spiro atoms. The van der Waals surface area contributed by atoms with Gasteiger partial charge in [0, 0.05) is 35.0 Å². The molecule has 3 saturated heterocycles. The second kappa shape index (κ2) is 7.62. The second-order valence-electron chi connectivity index (χ2n) is 7.82. The number of nitrogens with zero attached hydrogens (tertiary/aromatic N) is 3. The van der Waals surface area contributed by atoms with Gasteiger partial charge in [-0.15, -0.1) is 0 Å². The van der Waals surface area contributed by atoms with Crippen LogP contribution in [0.3, 0.4) is 0 Å². The van der Waals surface area contributed by atoms with Crippen LogP contribution >= 0.6 is 0 Å². The van der Waals surface area contributed by atoms with E-state index < -0.39 is 23.7 Å². The summed E-state index contributed by atoms with van der Waals surface area (Å²) >= 11 is 0. The highest BCUT2D eigenvalue weighted by Crippen LogP contribution is 2.43. The molecule has 0 saturated carbocycles. The van der Waals surface area contributed by atoms with Gasteiger partial charge in [-0.05, 0) is 55.1 Å². The molecule has 3 aliphatic rings. The highest BCUT2D eigenvalue weighted by molar-refractivity contribution is 5.83. The lowest BCUT2D eigenvalue weighted by Crippen LogP contribution is -2.58. The number of ether oxygens (including phenoxy) is 1. The summed E-state index contributed by atoms with van der Waals surface area (Å²) in [5.41, 5.74) is 1.61. The Hall–Kier alpha value is -2.29. The Balaban J connectivity index is 1.58. The van der Waals surface area contributed by atoms with Crippen LogP contribution in [0.25, 0.3) is 10.9 Å². The number of aliphatic hydroxyl groups is 2. The molecular formula is C20H25N3O5. The SMILES string of the molecule is COc1ccc2nccc([C@@H](O)[C@@H]3C[C@@H]4CCN3C[C@@H]4C(O)C[N+](=O)[O-])c2c1. The molecule has 1 aromatic carbocycles. The first kappa shape index (κ1) is 19.0. The zero-order valence-electron chi connectivity index (χ0n) is 15.8. The molecule has 8 nitrogen and oxygen atoms in total. The number of fused-ring (bicyclic) bond motifs is 4. The van der Waals surface area contributed by atoms with Crippen LogP contribution in [0.2, 0.25) is 0 Å². The first-order valence-electron chi connectivity index (χ1n) is 9.62. The topological polar surface area (TPSA) is 109 Å². The number of aliphatic hydroxyl groups excluding tert-OH is 2. The lowest BCUT2D eigenvalue weighted by atomic mass is 9.71. The maximum Gasteiger partial charge on any atom is 0.229 e. The summed E-state index contributed by atoms with van der Waals surface area (Å²) < 4.78 is 5.32. The number of hydrogen-bond donors (Lipinski definition) is 2. The van der Waals surface area contributed by atoms with Crippen LogP contribution in [0.4, 0.5) is 0 Å². The van der Waals surface area contributed by atoms with E-state index in [1.165, 1.54) is 0 Å². The Labute approximate surface area is 162 Å². The van der Waals surface area contributed by atoms with Crippen molar-refractivity contribution in [1.82, 2.24) is 9.88 Å². The number of piperidine rings is 3. The van der Waals surface area contributed by atoms with E-state index in [1.807, 2.05) is 24.3 Å². The number of aromatic nitrogens is 1. The van der Waals surface area contributed by atoms with Crippen LogP contribution < -0.4 is 4.74 Å². The van der Waals surface area contributed by atoms with Crippen molar-refractivity contribution >= 4 is 10.9 Å². The van der Waals surface area contributed by atoms with Crippen molar-refractivity contribution in [3.8, 4) is 5.75 Å². The van der Waals surface area contributed by atoms with Crippen LogP contribution in [0.1, 0.15) is 24.5 Å². The van der Waals surface area contributed by atoms with Gasteiger partial charge >= 0.3 is 0 Å². The van der Waals surface area contributed by atoms with E-state index in [-0.39, 0.29) is 17.9 Å². The summed E-state index contributed by atoms with van der Waals surface area (Å²) in [7, 11) is 1.61. The molecule has 2 aromatic rings. The minimum Gasteiger partial charge on any atom is -0.497 e. The number of rotatable bonds is 6. The monoisotopic (exact) mass is 387 g/mol. The second-order valence-corrected chi connectivity index (χ2v) is 7.82. The van der Waals surface area contributed by atoms with Gasteiger partial charge in [-0.25, -0.2) is 0 Å². The summed E-state index contributed by atoms with van der Waals surface area (Å²) in [6.45, 7) is 0.991. The number of nitro groups is 1. The van der Waals surface area contributed by atoms with Crippen molar-refractivity contribution in [2.45, 2.75) is 31.1 Å². The zero-order chi connectivity index (χ0) is 19.8. The van der Waals surface area contributed by atoms with E-state index in [4.69, 9.17) is 4.74 Å². The molecule has 2 N–H and O–H groups in total. The smallest absolute Gasteiger partial charge is 0.229 e. The Morgan fingerprint density at radius 3 is 2.89 bits per heavy atom. The molecule has 2 bridgehead atoms. The van der Waals surface area contributed by atoms with Gasteiger partial charge in [-0.3, -0.25) is 20.0 Å². The maximum atomic E-state index is 11.2. The van der Waals surface area contributed by atoms with Crippen molar-refractivity contribution in [2.75, 3.05) is 26.7 Å². The molecule has 28 heavy (non-hydrogen) atoms. The van der Waals surface area contributed by atoms with Crippen LogP contribution in [-0.2, 0) is 0 Å². The normalized spacial score (nSPS) is 28.8. The molecule has 8 heteroatoms. The average Bonchev–Trinajstić information content (AvgIpc) is 2.72. The fourth-order valence-corrected chi connectivity index (χ4v) is 4.90. The van der Waals surface area contributed by atoms with Gasteiger partial charge in [0.1, 0.15) is 11.9 Å². The summed E-state index contributed by atoms with van der Waals surface area (Å²) in [6, 6.07) is 7.38. The maximum absolute atomic E-state index is 11.2. The summed E-state index contributed by atoms with van der Waals surface area (Å²) in [4.78, 5) is 16.9. The Kier molecular flexibility index (Phi) is 5.18. The first-order valence-corrected chi connectivity index (χ1v) is 9.62. The first-order chi connectivity index (χ1) is 13.5. The molecular weight excluding hydrogens is 362 g/mol. The van der Waals surface area contributed by atoms with Gasteiger partial charge in [-0.1, -0.05) is 0 Å². The lowest BCUT2D eigenvalue weighted by Gasteiger charge is -2.52. The van der Waals surface area contributed by atoms with Crippen LogP contribution in [-0.4, -0.2) is 63.9 Å². The molecule has 0 amide bonds. The molecule has 3 aliphatic heterocycles. The van der Waals surface area contributed by atoms with Crippen LogP contribution in [0.15, 0.2) is 30.5 Å². The average molecular weight is 387 g/mol. The molecule has 6 atom stereocenters. The predicted octanol–water partition coefficient (Wildman–Crippen LogP) is 1.62. The van der Waals surface area contributed by atoms with E-state index in [1.54, 1.807) is 13.3 Å². The van der Waals surface area contributed by atoms with Crippen molar-refractivity contribution < 1.29 is 19.9 Å². The quantitative estimate of drug-likeness (QED) is 0.573. The summed E-state index contributed by atoms with van der Waals surface area (Å²) in [5.74, 6) is 0.779. The fourth-order valence-electron chi connectivity index (χ4n) is 4.90. The van der Waals surface area contributed by atoms with E-state index >= 15 is 0 Å². The van der Waals surface area contributed by atoms with Gasteiger partial charge in [-0.2, -0.15) is 0 Å². The Morgan fingerprint density at radius 2 is 2.21 bits per heavy atom. The fraction of sp³-hybridized carbons (Fsp3) is 0.550. The number of benzene rings is 1. The third-order valence-corrected chi connectivity index (χ3v) is 6.35. The molecule has 0 aliphatic carbocycles. The minimum absolute atomic E-state index is 0.0744. The van der Waals surface area contributed by atoms with Crippen LogP contribution in [0.5, 0.6) is 5.75 Å². The lowest BCUT2D eigenvalue weighted by molar-refractivity contribution is -0.493. The third-order valence-electron chi connectivity index (χ3n) is 6.35. The van der Waals surface area contributed by atoms with E-state index in [9.17, 15) is 20.3 Å². The van der Waals surface area contributed by atoms with Crippen molar-refractivity contribution in [2.24, 2.45) is 11.8 Å². The van der Waals surface area contributed by atoms with Crippen LogP contribution in [0, 0.1) is 22.0 Å². The van der Waals surface area contributed by atoms with E-state index in [2.05, 4.69) is 9.88 Å². The highest BCUT2D eigenvalue weighted by atomic mass is 16.6. The summed E-state index contributed by atoms with van der Waals surface area (Å²) in [6.07, 6.45) is 1.68. The minimum atomic E-state index is -0.938. The molecule has 150 valence electrons. The molecule has 0 radical (unpaired) electrons. The number of methoxy groups -OCH3 is 1.